The number of aromatic amines is 1. The Balaban J connectivity index is 1.99. The van der Waals surface area contributed by atoms with Crippen LogP contribution in [0.25, 0.3) is 11.0 Å². The molecule has 0 saturated heterocycles. The minimum atomic E-state index is -4.49. The first-order valence-corrected chi connectivity index (χ1v) is 9.18. The molecular weight excluding hydrogens is 400 g/mol. The van der Waals surface area contributed by atoms with E-state index < -0.39 is 43.0 Å². The first-order valence-electron chi connectivity index (χ1n) is 7.32. The predicted molar refractivity (Wildman–Crippen MR) is 95.8 cm³/mol. The van der Waals surface area contributed by atoms with Crippen molar-refractivity contribution < 1.29 is 18.4 Å². The zero-order valence-corrected chi connectivity index (χ0v) is 14.9. The molecule has 1 aromatic heterocycles. The van der Waals surface area contributed by atoms with Crippen molar-refractivity contribution in [3.8, 4) is 0 Å². The summed E-state index contributed by atoms with van der Waals surface area (Å²) in [6, 6.07) is 9.30. The molecule has 3 N–H and O–H groups in total. The van der Waals surface area contributed by atoms with Crippen molar-refractivity contribution in [3.05, 3.63) is 73.6 Å². The summed E-state index contributed by atoms with van der Waals surface area (Å²) in [5, 5.41) is 20.7. The lowest BCUT2D eigenvalue weighted by Crippen LogP contribution is -2.33. The molecule has 0 amide bonds. The summed E-state index contributed by atoms with van der Waals surface area (Å²) in [4.78, 5) is 28.0. The minimum absolute atomic E-state index is 0.291. The Morgan fingerprint density at radius 1 is 1.26 bits per heavy atom. The third-order valence-corrected chi connectivity index (χ3v) is 5.46. The zero-order chi connectivity index (χ0) is 19.8. The number of nitrogens with zero attached hydrogens (tertiary/aromatic N) is 2. The molecule has 27 heavy (non-hydrogen) atoms. The number of halogens is 1. The molecule has 1 atom stereocenters. The van der Waals surface area contributed by atoms with Gasteiger partial charge >= 0.3 is 0 Å². The van der Waals surface area contributed by atoms with Gasteiger partial charge in [0.1, 0.15) is 4.90 Å². The monoisotopic (exact) mass is 410 g/mol. The molecule has 3 aromatic rings. The highest BCUT2D eigenvalue weighted by molar-refractivity contribution is 7.89. The van der Waals surface area contributed by atoms with Gasteiger partial charge in [0.2, 0.25) is 10.0 Å². The molecule has 0 radical (unpaired) electrons. The maximum absolute atomic E-state index is 12.5. The quantitative estimate of drug-likeness (QED) is 0.326. The summed E-state index contributed by atoms with van der Waals surface area (Å²) in [5.74, 6) is 0. The van der Waals surface area contributed by atoms with E-state index in [4.69, 9.17) is 11.6 Å². The van der Waals surface area contributed by atoms with Crippen molar-refractivity contribution in [2.75, 3.05) is 0 Å². The molecule has 2 aromatic carbocycles. The largest absolute Gasteiger partial charge is 0.371 e. The van der Waals surface area contributed by atoms with Gasteiger partial charge in [0.05, 0.1) is 21.0 Å². The third-order valence-electron chi connectivity index (χ3n) is 3.57. The Morgan fingerprint density at radius 2 is 1.96 bits per heavy atom. The zero-order valence-electron chi connectivity index (χ0n) is 13.3. The fourth-order valence-corrected chi connectivity index (χ4v) is 3.86. The number of H-pyrrole nitrogens is 1. The molecule has 1 heterocycles. The highest BCUT2D eigenvalue weighted by Gasteiger charge is 2.26. The number of nitro benzene ring substituents is 1. The van der Waals surface area contributed by atoms with Crippen LogP contribution in [0, 0.1) is 10.1 Å². The van der Waals surface area contributed by atoms with Gasteiger partial charge in [-0.2, -0.15) is 4.72 Å². The highest BCUT2D eigenvalue weighted by atomic mass is 35.5. The van der Waals surface area contributed by atoms with Crippen LogP contribution in [0.1, 0.15) is 11.9 Å². The summed E-state index contributed by atoms with van der Waals surface area (Å²) in [6.45, 7) is 0. The standard InChI is InChI=1S/C15H11ClN4O6S/c16-9-6-5-8(20(23)24)7-12(9)27(25,26)19-15(22)13-14(21)18-11-4-2-1-3-10(11)17-13/h1-7,15,19,22H,(H,18,21). The number of sulfonamides is 1. The van der Waals surface area contributed by atoms with Gasteiger partial charge < -0.3 is 10.1 Å². The number of aliphatic hydroxyl groups excluding tert-OH is 1. The van der Waals surface area contributed by atoms with Crippen LogP contribution in [0.2, 0.25) is 5.02 Å². The number of rotatable bonds is 5. The van der Waals surface area contributed by atoms with Crippen LogP contribution in [0.4, 0.5) is 5.69 Å². The Kier molecular flexibility index (Phi) is 4.93. The van der Waals surface area contributed by atoms with Crippen LogP contribution in [0.5, 0.6) is 0 Å². The van der Waals surface area contributed by atoms with Crippen LogP contribution in [0.15, 0.2) is 52.2 Å². The number of aliphatic hydroxyl groups is 1. The number of nitrogens with one attached hydrogen (secondary N) is 2. The van der Waals surface area contributed by atoms with Gasteiger partial charge in [-0.25, -0.2) is 13.4 Å². The van der Waals surface area contributed by atoms with E-state index in [-0.39, 0.29) is 5.02 Å². The summed E-state index contributed by atoms with van der Waals surface area (Å²) < 4.78 is 26.8. The predicted octanol–water partition coefficient (Wildman–Crippen LogP) is 1.45. The topological polar surface area (TPSA) is 155 Å². The molecule has 0 bridgehead atoms. The van der Waals surface area contributed by atoms with Crippen molar-refractivity contribution >= 4 is 38.3 Å². The lowest BCUT2D eigenvalue weighted by atomic mass is 10.3. The Bertz CT molecular complexity index is 1210. The molecule has 0 spiro atoms. The number of nitro groups is 1. The Hall–Kier alpha value is -2.86. The van der Waals surface area contributed by atoms with Crippen LogP contribution in [-0.2, 0) is 10.0 Å². The van der Waals surface area contributed by atoms with E-state index in [0.717, 1.165) is 18.2 Å². The smallest absolute Gasteiger partial charge is 0.274 e. The molecule has 10 nitrogen and oxygen atoms in total. The molecular formula is C15H11ClN4O6S. The number of aromatic nitrogens is 2. The number of hydrogen-bond acceptors (Lipinski definition) is 7. The number of para-hydroxylation sites is 2. The Labute approximate surface area is 156 Å². The fourth-order valence-electron chi connectivity index (χ4n) is 2.31. The third kappa shape index (κ3) is 3.80. The average Bonchev–Trinajstić information content (AvgIpc) is 2.60. The molecule has 1 unspecified atom stereocenters. The molecule has 0 aliphatic carbocycles. The van der Waals surface area contributed by atoms with Crippen molar-refractivity contribution in [3.63, 3.8) is 0 Å². The van der Waals surface area contributed by atoms with Gasteiger partial charge in [0.25, 0.3) is 11.2 Å². The molecule has 0 aliphatic rings. The van der Waals surface area contributed by atoms with Crippen molar-refractivity contribution in [1.82, 2.24) is 14.7 Å². The number of hydrogen-bond donors (Lipinski definition) is 3. The summed E-state index contributed by atoms with van der Waals surface area (Å²) >= 11 is 5.82. The van der Waals surface area contributed by atoms with E-state index in [2.05, 4.69) is 9.97 Å². The maximum atomic E-state index is 12.5. The van der Waals surface area contributed by atoms with Crippen molar-refractivity contribution in [1.29, 1.82) is 0 Å². The van der Waals surface area contributed by atoms with Crippen molar-refractivity contribution in [2.24, 2.45) is 0 Å². The summed E-state index contributed by atoms with van der Waals surface area (Å²) in [5.41, 5.74) is -1.05. The van der Waals surface area contributed by atoms with Gasteiger partial charge in [0.15, 0.2) is 11.9 Å². The summed E-state index contributed by atoms with van der Waals surface area (Å²) in [6.07, 6.45) is -2.00. The van der Waals surface area contributed by atoms with E-state index >= 15 is 0 Å². The maximum Gasteiger partial charge on any atom is 0.274 e. The van der Waals surface area contributed by atoms with E-state index in [9.17, 15) is 28.4 Å². The summed E-state index contributed by atoms with van der Waals surface area (Å²) in [7, 11) is -4.49. The number of fused-ring (bicyclic) bond motifs is 1. The van der Waals surface area contributed by atoms with Crippen molar-refractivity contribution in [2.45, 2.75) is 11.1 Å². The average molecular weight is 411 g/mol. The van der Waals surface area contributed by atoms with Gasteiger partial charge in [-0.05, 0) is 18.2 Å². The second kappa shape index (κ2) is 7.04. The molecule has 12 heteroatoms. The first-order chi connectivity index (χ1) is 12.7. The minimum Gasteiger partial charge on any atom is -0.371 e. The molecule has 0 saturated carbocycles. The first kappa shape index (κ1) is 18.9. The van der Waals surface area contributed by atoms with E-state index in [0.29, 0.717) is 11.0 Å². The van der Waals surface area contributed by atoms with Gasteiger partial charge in [0, 0.05) is 12.1 Å². The highest BCUT2D eigenvalue weighted by Crippen LogP contribution is 2.26. The van der Waals surface area contributed by atoms with Crippen LogP contribution >= 0.6 is 11.6 Å². The van der Waals surface area contributed by atoms with E-state index in [1.165, 1.54) is 0 Å². The van der Waals surface area contributed by atoms with E-state index in [1.807, 2.05) is 4.72 Å². The number of non-ortho nitro benzene ring substituents is 1. The van der Waals surface area contributed by atoms with Crippen LogP contribution < -0.4 is 10.3 Å². The fraction of sp³-hybridized carbons (Fsp3) is 0.0667. The van der Waals surface area contributed by atoms with Crippen LogP contribution in [0.3, 0.4) is 0 Å². The molecule has 0 aliphatic heterocycles. The molecule has 3 rings (SSSR count). The van der Waals surface area contributed by atoms with Gasteiger partial charge in [-0.1, -0.05) is 23.7 Å². The number of benzene rings is 2. The van der Waals surface area contributed by atoms with Gasteiger partial charge in [-0.15, -0.1) is 0 Å². The molecule has 0 fully saturated rings. The Morgan fingerprint density at radius 3 is 2.67 bits per heavy atom. The normalized spacial score (nSPS) is 12.8. The van der Waals surface area contributed by atoms with Crippen LogP contribution in [-0.4, -0.2) is 28.4 Å². The SMILES string of the molecule is O=c1[nH]c2ccccc2nc1C(O)NS(=O)(=O)c1cc([N+](=O)[O-])ccc1Cl. The van der Waals surface area contributed by atoms with Gasteiger partial charge in [-0.3, -0.25) is 14.9 Å². The second-order valence-corrected chi connectivity index (χ2v) is 7.45. The molecule has 140 valence electrons. The lowest BCUT2D eigenvalue weighted by Gasteiger charge is -2.13. The van der Waals surface area contributed by atoms with E-state index in [1.54, 1.807) is 24.3 Å². The second-order valence-electron chi connectivity index (χ2n) is 5.36. The lowest BCUT2D eigenvalue weighted by molar-refractivity contribution is -0.385.